The summed E-state index contributed by atoms with van der Waals surface area (Å²) >= 11 is 0. The van der Waals surface area contributed by atoms with Gasteiger partial charge in [0.1, 0.15) is 17.6 Å². The van der Waals surface area contributed by atoms with Crippen LogP contribution in [0, 0.1) is 11.8 Å². The first kappa shape index (κ1) is 32.0. The van der Waals surface area contributed by atoms with Crippen LogP contribution in [0.2, 0.25) is 0 Å². The molecule has 1 aromatic rings. The summed E-state index contributed by atoms with van der Waals surface area (Å²) in [5.41, 5.74) is -1.69. The summed E-state index contributed by atoms with van der Waals surface area (Å²) in [6.45, 7) is 15.6. The highest BCUT2D eigenvalue weighted by atomic mass is 16.6. The number of allylic oxidation sites excluding steroid dienone is 1. The molecule has 42 heavy (non-hydrogen) atoms. The van der Waals surface area contributed by atoms with E-state index >= 15 is 0 Å². The minimum atomic E-state index is -1.19. The van der Waals surface area contributed by atoms with Crippen molar-refractivity contribution in [1.82, 2.24) is 9.80 Å². The number of carbonyl (C=O) groups excluding carboxylic acids is 3. The van der Waals surface area contributed by atoms with Gasteiger partial charge in [0.2, 0.25) is 11.8 Å². The standard InChI is InChI=1S/C34H48N2O6/c1-7-10-11-15-21-41-31(40)27-26-29(38)36(25(23-37)22-24-16-13-12-14-17-24)28(30(39)35(20-8-2)32(4,5)6)34(26)19-18-33(27,9-3)42-34/h7-8,12-14,16-17,25-28,37H,1-2,9-11,15,18-23H2,3-6H3/t25-,26+,27+,28?,33-,34?/m1/s1. The van der Waals surface area contributed by atoms with Crippen molar-refractivity contribution in [2.45, 2.75) is 101 Å². The van der Waals surface area contributed by atoms with E-state index in [2.05, 4.69) is 13.2 Å². The fraction of sp³-hybridized carbons (Fsp3) is 0.618. The first-order chi connectivity index (χ1) is 20.0. The molecule has 2 amide bonds. The number of carbonyl (C=O) groups is 3. The Bertz CT molecular complexity index is 1160. The number of hydrogen-bond acceptors (Lipinski definition) is 6. The second-order valence-corrected chi connectivity index (χ2v) is 13.0. The van der Waals surface area contributed by atoms with Gasteiger partial charge in [-0.1, -0.05) is 49.4 Å². The van der Waals surface area contributed by atoms with Gasteiger partial charge in [0, 0.05) is 12.1 Å². The third-order valence-electron chi connectivity index (χ3n) is 9.46. The number of rotatable bonds is 14. The molecule has 0 aliphatic carbocycles. The lowest BCUT2D eigenvalue weighted by atomic mass is 9.65. The Morgan fingerprint density at radius 1 is 1.19 bits per heavy atom. The first-order valence-corrected chi connectivity index (χ1v) is 15.4. The molecule has 3 heterocycles. The van der Waals surface area contributed by atoms with Crippen LogP contribution in [0.15, 0.2) is 55.6 Å². The van der Waals surface area contributed by atoms with Gasteiger partial charge in [0.25, 0.3) is 0 Å². The van der Waals surface area contributed by atoms with Crippen molar-refractivity contribution in [3.63, 3.8) is 0 Å². The average molecular weight is 581 g/mol. The summed E-state index contributed by atoms with van der Waals surface area (Å²) in [4.78, 5) is 46.3. The molecule has 3 saturated heterocycles. The summed E-state index contributed by atoms with van der Waals surface area (Å²) in [5.74, 6) is -2.70. The first-order valence-electron chi connectivity index (χ1n) is 15.4. The van der Waals surface area contributed by atoms with E-state index in [0.29, 0.717) is 38.6 Å². The smallest absolute Gasteiger partial charge is 0.312 e. The van der Waals surface area contributed by atoms with Crippen molar-refractivity contribution in [2.24, 2.45) is 11.8 Å². The van der Waals surface area contributed by atoms with Crippen LogP contribution in [0.25, 0.3) is 0 Å². The molecule has 0 saturated carbocycles. The largest absolute Gasteiger partial charge is 0.465 e. The van der Waals surface area contributed by atoms with Gasteiger partial charge in [-0.25, -0.2) is 0 Å². The van der Waals surface area contributed by atoms with Gasteiger partial charge in [0.05, 0.1) is 30.8 Å². The number of aliphatic hydroxyl groups is 1. The highest BCUT2D eigenvalue weighted by Crippen LogP contribution is 2.65. The molecule has 2 bridgehead atoms. The molecular formula is C34H48N2O6. The molecule has 1 aromatic carbocycles. The second-order valence-electron chi connectivity index (χ2n) is 13.0. The van der Waals surface area contributed by atoms with E-state index in [1.165, 1.54) is 0 Å². The number of hydrogen-bond donors (Lipinski definition) is 1. The molecule has 2 unspecified atom stereocenters. The maximum absolute atomic E-state index is 14.7. The molecule has 230 valence electrons. The Kier molecular flexibility index (Phi) is 9.68. The second kappa shape index (κ2) is 12.7. The fourth-order valence-corrected chi connectivity index (χ4v) is 7.45. The number of amides is 2. The highest BCUT2D eigenvalue weighted by molar-refractivity contribution is 5.99. The Morgan fingerprint density at radius 3 is 2.50 bits per heavy atom. The third-order valence-corrected chi connectivity index (χ3v) is 9.46. The minimum Gasteiger partial charge on any atom is -0.465 e. The Morgan fingerprint density at radius 2 is 1.90 bits per heavy atom. The topological polar surface area (TPSA) is 96.4 Å². The van der Waals surface area contributed by atoms with Gasteiger partial charge in [-0.2, -0.15) is 0 Å². The molecule has 3 aliphatic heterocycles. The molecule has 6 atom stereocenters. The van der Waals surface area contributed by atoms with Crippen LogP contribution in [0.3, 0.4) is 0 Å². The van der Waals surface area contributed by atoms with Crippen LogP contribution >= 0.6 is 0 Å². The van der Waals surface area contributed by atoms with E-state index in [1.54, 1.807) is 15.9 Å². The van der Waals surface area contributed by atoms with E-state index in [4.69, 9.17) is 9.47 Å². The van der Waals surface area contributed by atoms with Crippen molar-refractivity contribution in [3.8, 4) is 0 Å². The Labute approximate surface area is 250 Å². The van der Waals surface area contributed by atoms with Crippen LogP contribution in [-0.4, -0.2) is 81.3 Å². The van der Waals surface area contributed by atoms with Gasteiger partial charge >= 0.3 is 5.97 Å². The molecule has 0 radical (unpaired) electrons. The Hall–Kier alpha value is -2.97. The summed E-state index contributed by atoms with van der Waals surface area (Å²) in [5, 5.41) is 10.7. The molecule has 1 spiro atoms. The fourth-order valence-electron chi connectivity index (χ4n) is 7.45. The van der Waals surface area contributed by atoms with Crippen LogP contribution in [0.1, 0.15) is 71.8 Å². The van der Waals surface area contributed by atoms with Crippen molar-refractivity contribution in [2.75, 3.05) is 19.8 Å². The minimum absolute atomic E-state index is 0.255. The van der Waals surface area contributed by atoms with E-state index in [-0.39, 0.29) is 25.0 Å². The van der Waals surface area contributed by atoms with E-state index in [0.717, 1.165) is 18.4 Å². The normalized spacial score (nSPS) is 28.8. The zero-order chi connectivity index (χ0) is 30.7. The number of esters is 1. The number of unbranched alkanes of at least 4 members (excludes halogenated alkanes) is 2. The molecule has 4 rings (SSSR count). The quantitative estimate of drug-likeness (QED) is 0.198. The lowest BCUT2D eigenvalue weighted by Gasteiger charge is -2.43. The van der Waals surface area contributed by atoms with E-state index in [9.17, 15) is 19.5 Å². The molecule has 1 N–H and O–H groups in total. The van der Waals surface area contributed by atoms with Gasteiger partial charge in [-0.15, -0.1) is 13.2 Å². The summed E-state index contributed by atoms with van der Waals surface area (Å²) in [7, 11) is 0. The third kappa shape index (κ3) is 5.55. The predicted molar refractivity (Wildman–Crippen MR) is 161 cm³/mol. The summed E-state index contributed by atoms with van der Waals surface area (Å²) in [6.07, 6.45) is 7.84. The Balaban J connectivity index is 1.78. The SMILES string of the molecule is C=CCCCCOC(=O)[C@@H]1[C@H]2C(=O)N([C@@H](CO)Cc3ccccc3)C(C(=O)N(CC=C)C(C)(C)C)C23CC[C@@]1(CC)O3. The van der Waals surface area contributed by atoms with Gasteiger partial charge < -0.3 is 24.4 Å². The molecular weight excluding hydrogens is 532 g/mol. The summed E-state index contributed by atoms with van der Waals surface area (Å²) in [6, 6.07) is 7.96. The number of aliphatic hydroxyl groups excluding tert-OH is 1. The molecule has 0 aromatic heterocycles. The van der Waals surface area contributed by atoms with Gasteiger partial charge in [-0.05, 0) is 71.3 Å². The van der Waals surface area contributed by atoms with Gasteiger partial charge in [0.15, 0.2) is 0 Å². The molecule has 3 aliphatic rings. The van der Waals surface area contributed by atoms with Crippen molar-refractivity contribution in [1.29, 1.82) is 0 Å². The van der Waals surface area contributed by atoms with Crippen molar-refractivity contribution < 1.29 is 29.0 Å². The molecule has 8 nitrogen and oxygen atoms in total. The van der Waals surface area contributed by atoms with Crippen molar-refractivity contribution >= 4 is 17.8 Å². The zero-order valence-electron chi connectivity index (χ0n) is 25.7. The number of nitrogens with zero attached hydrogens (tertiary/aromatic N) is 2. The van der Waals surface area contributed by atoms with Crippen LogP contribution in [0.4, 0.5) is 0 Å². The van der Waals surface area contributed by atoms with Crippen LogP contribution in [0.5, 0.6) is 0 Å². The zero-order valence-corrected chi connectivity index (χ0v) is 25.7. The van der Waals surface area contributed by atoms with Crippen LogP contribution < -0.4 is 0 Å². The summed E-state index contributed by atoms with van der Waals surface area (Å²) < 4.78 is 12.7. The maximum Gasteiger partial charge on any atom is 0.312 e. The maximum atomic E-state index is 14.7. The number of ether oxygens (including phenoxy) is 2. The molecule has 8 heteroatoms. The molecule has 3 fully saturated rings. The van der Waals surface area contributed by atoms with Gasteiger partial charge in [-0.3, -0.25) is 14.4 Å². The number of benzene rings is 1. The van der Waals surface area contributed by atoms with E-state index in [1.807, 2.05) is 64.1 Å². The predicted octanol–water partition coefficient (Wildman–Crippen LogP) is 4.46. The average Bonchev–Trinajstić information content (AvgIpc) is 3.57. The number of fused-ring (bicyclic) bond motifs is 1. The number of likely N-dealkylation sites (tertiary alicyclic amines) is 1. The highest BCUT2D eigenvalue weighted by Gasteiger charge is 2.79. The van der Waals surface area contributed by atoms with Crippen LogP contribution in [-0.2, 0) is 30.3 Å². The lowest BCUT2D eigenvalue weighted by Crippen LogP contribution is -2.62. The lowest BCUT2D eigenvalue weighted by molar-refractivity contribution is -0.164. The monoisotopic (exact) mass is 580 g/mol. The van der Waals surface area contributed by atoms with E-state index < -0.39 is 46.6 Å². The van der Waals surface area contributed by atoms with Crippen molar-refractivity contribution in [3.05, 3.63) is 61.2 Å².